The molecule has 48 heavy (non-hydrogen) atoms. The van der Waals surface area contributed by atoms with Gasteiger partial charge < -0.3 is 19.6 Å². The van der Waals surface area contributed by atoms with Crippen molar-refractivity contribution in [3.8, 4) is 22.5 Å². The Morgan fingerprint density at radius 1 is 0.500 bits per heavy atom. The fourth-order valence-electron chi connectivity index (χ4n) is 6.95. The van der Waals surface area contributed by atoms with Crippen LogP contribution in [-0.4, -0.2) is 136 Å². The van der Waals surface area contributed by atoms with Gasteiger partial charge in [-0.2, -0.15) is 0 Å². The highest BCUT2D eigenvalue weighted by molar-refractivity contribution is 5.97. The number of piperazine rings is 2. The summed E-state index contributed by atoms with van der Waals surface area (Å²) in [6.07, 6.45) is 0. The predicted molar refractivity (Wildman–Crippen MR) is 202 cm³/mol. The van der Waals surface area contributed by atoms with Gasteiger partial charge in [0.25, 0.3) is 0 Å². The lowest BCUT2D eigenvalue weighted by Crippen LogP contribution is -2.48. The van der Waals surface area contributed by atoms with Crippen LogP contribution in [0.4, 0.5) is 11.4 Å². The van der Waals surface area contributed by atoms with E-state index in [1.54, 1.807) is 0 Å². The smallest absolute Gasteiger partial charge is 0.0973 e. The van der Waals surface area contributed by atoms with Crippen LogP contribution in [0.25, 0.3) is 44.3 Å². The minimum Gasteiger partial charge on any atom is -0.369 e. The van der Waals surface area contributed by atoms with Crippen LogP contribution in [0.3, 0.4) is 0 Å². The molecule has 8 nitrogen and oxygen atoms in total. The molecule has 0 atom stereocenters. The molecule has 0 bridgehead atoms. The standard InChI is InChI=1S/C40H50N8/c1-43(2)17-19-45-21-25-47(26-22-45)35-13-9-31(10-14-35)39-40(42-38-30-34-8-6-5-7-33(34)29-37(38)41-39)32-11-15-36(16-12-32)48-27-23-46(24-28-48)20-18-44(3)4/h5-16,29-30H,17-28H2,1-4H3. The van der Waals surface area contributed by atoms with Crippen LogP contribution in [0, 0.1) is 0 Å². The van der Waals surface area contributed by atoms with Gasteiger partial charge in [0.1, 0.15) is 0 Å². The van der Waals surface area contributed by atoms with E-state index in [9.17, 15) is 0 Å². The van der Waals surface area contributed by atoms with E-state index in [0.717, 1.165) is 112 Å². The van der Waals surface area contributed by atoms with Crippen molar-refractivity contribution < 1.29 is 0 Å². The van der Waals surface area contributed by atoms with Gasteiger partial charge in [0.15, 0.2) is 0 Å². The molecule has 0 radical (unpaired) electrons. The molecule has 0 spiro atoms. The molecule has 4 aromatic carbocycles. The third-order valence-corrected chi connectivity index (χ3v) is 10.0. The van der Waals surface area contributed by atoms with Crippen LogP contribution in [0.5, 0.6) is 0 Å². The van der Waals surface area contributed by atoms with E-state index >= 15 is 0 Å². The first-order valence-electron chi connectivity index (χ1n) is 17.6. The number of rotatable bonds is 10. The van der Waals surface area contributed by atoms with Crippen LogP contribution < -0.4 is 9.80 Å². The number of hydrogen-bond donors (Lipinski definition) is 0. The maximum absolute atomic E-state index is 5.30. The minimum atomic E-state index is 0.925. The molecule has 0 saturated carbocycles. The number of anilines is 2. The van der Waals surface area contributed by atoms with E-state index in [4.69, 9.17) is 9.97 Å². The zero-order chi connectivity index (χ0) is 33.0. The summed E-state index contributed by atoms with van der Waals surface area (Å²) < 4.78 is 0. The Morgan fingerprint density at radius 3 is 1.23 bits per heavy atom. The summed E-state index contributed by atoms with van der Waals surface area (Å²) >= 11 is 0. The molecule has 0 unspecified atom stereocenters. The van der Waals surface area contributed by atoms with Gasteiger partial charge in [-0.05, 0) is 75.4 Å². The van der Waals surface area contributed by atoms with E-state index in [1.807, 2.05) is 0 Å². The third-order valence-electron chi connectivity index (χ3n) is 10.0. The van der Waals surface area contributed by atoms with Gasteiger partial charge in [0.05, 0.1) is 22.4 Å². The van der Waals surface area contributed by atoms with E-state index < -0.39 is 0 Å². The van der Waals surface area contributed by atoms with Gasteiger partial charge in [-0.1, -0.05) is 48.5 Å². The molecular formula is C40H50N8. The molecule has 5 aromatic rings. The Bertz CT molecular complexity index is 1670. The van der Waals surface area contributed by atoms with Crippen molar-refractivity contribution in [2.24, 2.45) is 0 Å². The number of hydrogen-bond acceptors (Lipinski definition) is 8. The second-order valence-electron chi connectivity index (χ2n) is 14.0. The number of nitrogens with zero attached hydrogens (tertiary/aromatic N) is 8. The molecule has 2 aliphatic heterocycles. The van der Waals surface area contributed by atoms with E-state index in [-0.39, 0.29) is 0 Å². The number of benzene rings is 4. The Balaban J connectivity index is 1.15. The van der Waals surface area contributed by atoms with Crippen molar-refractivity contribution >= 4 is 33.2 Å². The molecule has 7 rings (SSSR count). The largest absolute Gasteiger partial charge is 0.369 e. The molecule has 250 valence electrons. The van der Waals surface area contributed by atoms with Gasteiger partial charge >= 0.3 is 0 Å². The Labute approximate surface area is 286 Å². The number of aromatic nitrogens is 2. The fourth-order valence-corrected chi connectivity index (χ4v) is 6.95. The van der Waals surface area contributed by atoms with Gasteiger partial charge in [-0.15, -0.1) is 0 Å². The monoisotopic (exact) mass is 642 g/mol. The summed E-state index contributed by atoms with van der Waals surface area (Å²) in [5.74, 6) is 0. The minimum absolute atomic E-state index is 0.925. The molecule has 0 N–H and O–H groups in total. The molecule has 2 aliphatic rings. The second-order valence-corrected chi connectivity index (χ2v) is 14.0. The Hall–Kier alpha value is -4.08. The van der Waals surface area contributed by atoms with Crippen molar-refractivity contribution in [3.63, 3.8) is 0 Å². The Kier molecular flexibility index (Phi) is 9.86. The van der Waals surface area contributed by atoms with Crippen LogP contribution in [0.2, 0.25) is 0 Å². The van der Waals surface area contributed by atoms with Crippen LogP contribution in [0.15, 0.2) is 84.9 Å². The molecular weight excluding hydrogens is 592 g/mol. The molecule has 2 fully saturated rings. The van der Waals surface area contributed by atoms with Crippen LogP contribution >= 0.6 is 0 Å². The normalized spacial score (nSPS) is 16.5. The zero-order valence-corrected chi connectivity index (χ0v) is 29.1. The first-order valence-corrected chi connectivity index (χ1v) is 17.6. The second kappa shape index (κ2) is 14.6. The van der Waals surface area contributed by atoms with Gasteiger partial charge in [-0.25, -0.2) is 9.97 Å². The topological polar surface area (TPSA) is 45.2 Å². The van der Waals surface area contributed by atoms with Crippen molar-refractivity contribution in [3.05, 3.63) is 84.9 Å². The van der Waals surface area contributed by atoms with Crippen molar-refractivity contribution in [1.29, 1.82) is 0 Å². The zero-order valence-electron chi connectivity index (χ0n) is 29.1. The number of likely N-dealkylation sites (N-methyl/N-ethyl adjacent to an activating group) is 2. The van der Waals surface area contributed by atoms with Gasteiger partial charge in [-0.3, -0.25) is 9.80 Å². The van der Waals surface area contributed by atoms with Gasteiger partial charge in [0.2, 0.25) is 0 Å². The van der Waals surface area contributed by atoms with E-state index in [2.05, 4.69) is 143 Å². The average molecular weight is 643 g/mol. The summed E-state index contributed by atoms with van der Waals surface area (Å²) in [7, 11) is 8.60. The molecule has 2 saturated heterocycles. The van der Waals surface area contributed by atoms with E-state index in [0.29, 0.717) is 0 Å². The SMILES string of the molecule is CN(C)CCN1CCN(c2ccc(-c3nc4cc5ccccc5cc4nc3-c3ccc(N4CCN(CCN(C)C)CC4)cc3)cc2)CC1. The van der Waals surface area contributed by atoms with Gasteiger partial charge in [0, 0.05) is 101 Å². The highest BCUT2D eigenvalue weighted by Crippen LogP contribution is 2.34. The predicted octanol–water partition coefficient (Wildman–Crippen LogP) is 5.48. The first-order chi connectivity index (χ1) is 23.4. The van der Waals surface area contributed by atoms with Crippen molar-refractivity contribution in [2.45, 2.75) is 0 Å². The highest BCUT2D eigenvalue weighted by Gasteiger charge is 2.20. The maximum atomic E-state index is 5.30. The third kappa shape index (κ3) is 7.47. The fraction of sp³-hybridized carbons (Fsp3) is 0.400. The highest BCUT2D eigenvalue weighted by atomic mass is 15.3. The lowest BCUT2D eigenvalue weighted by atomic mass is 10.0. The summed E-state index contributed by atoms with van der Waals surface area (Å²) in [6, 6.07) is 30.8. The summed E-state index contributed by atoms with van der Waals surface area (Å²) in [6.45, 7) is 13.1. The van der Waals surface area contributed by atoms with Crippen LogP contribution in [0.1, 0.15) is 0 Å². The van der Waals surface area contributed by atoms with Crippen LogP contribution in [-0.2, 0) is 0 Å². The van der Waals surface area contributed by atoms with Crippen molar-refractivity contribution in [2.75, 3.05) is 117 Å². The average Bonchev–Trinajstić information content (AvgIpc) is 3.12. The first kappa shape index (κ1) is 32.5. The summed E-state index contributed by atoms with van der Waals surface area (Å²) in [5.41, 5.74) is 8.46. The lowest BCUT2D eigenvalue weighted by Gasteiger charge is -2.36. The molecule has 0 aliphatic carbocycles. The van der Waals surface area contributed by atoms with E-state index in [1.165, 1.54) is 22.1 Å². The summed E-state index contributed by atoms with van der Waals surface area (Å²) in [5, 5.41) is 2.37. The maximum Gasteiger partial charge on any atom is 0.0973 e. The molecule has 1 aromatic heterocycles. The molecule has 8 heteroatoms. The number of fused-ring (bicyclic) bond motifs is 2. The van der Waals surface area contributed by atoms with Crippen molar-refractivity contribution in [1.82, 2.24) is 29.6 Å². The summed E-state index contributed by atoms with van der Waals surface area (Å²) in [4.78, 5) is 25.3. The molecule has 0 amide bonds. The quantitative estimate of drug-likeness (QED) is 0.186. The molecule has 3 heterocycles. The Morgan fingerprint density at radius 2 is 0.875 bits per heavy atom. The lowest BCUT2D eigenvalue weighted by molar-refractivity contribution is 0.229.